The van der Waals surface area contributed by atoms with E-state index in [1.54, 1.807) is 4.90 Å². The van der Waals surface area contributed by atoms with Crippen LogP contribution in [-0.2, 0) is 9.53 Å². The van der Waals surface area contributed by atoms with Gasteiger partial charge in [-0.15, -0.1) is 0 Å². The number of hydrogen-bond acceptors (Lipinski definition) is 4. The number of carbonyl (C=O) groups excluding carboxylic acids is 1. The second kappa shape index (κ2) is 3.25. The van der Waals surface area contributed by atoms with Crippen LogP contribution in [-0.4, -0.2) is 60.9 Å². The molecule has 1 atom stereocenters. The molecule has 1 amide bonds. The van der Waals surface area contributed by atoms with Crippen molar-refractivity contribution < 1.29 is 14.6 Å². The Morgan fingerprint density at radius 3 is 3.23 bits per heavy atom. The normalized spacial score (nSPS) is 34.5. The first-order valence-corrected chi connectivity index (χ1v) is 4.48. The number of nitrogens with zero attached hydrogens (tertiary/aromatic N) is 1. The van der Waals surface area contributed by atoms with Crippen LogP contribution >= 0.6 is 0 Å². The zero-order chi connectivity index (χ0) is 9.31. The average Bonchev–Trinajstić information content (AvgIpc) is 2.18. The van der Waals surface area contributed by atoms with Gasteiger partial charge in [-0.1, -0.05) is 0 Å². The minimum Gasteiger partial charge on any atom is -0.394 e. The van der Waals surface area contributed by atoms with Crippen LogP contribution in [0.25, 0.3) is 0 Å². The van der Waals surface area contributed by atoms with Crippen molar-refractivity contribution in [2.45, 2.75) is 5.54 Å². The largest absolute Gasteiger partial charge is 0.394 e. The number of hydrogen-bond donors (Lipinski definition) is 2. The van der Waals surface area contributed by atoms with E-state index in [1.165, 1.54) is 0 Å². The molecule has 2 saturated heterocycles. The lowest BCUT2D eigenvalue weighted by molar-refractivity contribution is -0.158. The Hall–Kier alpha value is -0.650. The van der Waals surface area contributed by atoms with Crippen molar-refractivity contribution in [1.29, 1.82) is 0 Å². The maximum absolute atomic E-state index is 11.5. The van der Waals surface area contributed by atoms with Gasteiger partial charge >= 0.3 is 0 Å². The Morgan fingerprint density at radius 1 is 1.69 bits per heavy atom. The molecular formula is C8H14N2O3. The summed E-state index contributed by atoms with van der Waals surface area (Å²) in [7, 11) is 0. The molecule has 0 aromatic carbocycles. The summed E-state index contributed by atoms with van der Waals surface area (Å²) in [4.78, 5) is 13.2. The number of carbonyl (C=O) groups is 1. The topological polar surface area (TPSA) is 61.8 Å². The Labute approximate surface area is 76.7 Å². The molecule has 0 radical (unpaired) electrons. The molecule has 0 aliphatic carbocycles. The van der Waals surface area contributed by atoms with E-state index in [-0.39, 0.29) is 12.5 Å². The fourth-order valence-electron chi connectivity index (χ4n) is 1.95. The number of aliphatic hydroxyl groups is 1. The highest BCUT2D eigenvalue weighted by atomic mass is 16.5. The predicted octanol–water partition coefficient (Wildman–Crippen LogP) is -1.82. The zero-order valence-corrected chi connectivity index (χ0v) is 7.45. The summed E-state index contributed by atoms with van der Waals surface area (Å²) in [6.07, 6.45) is 0. The number of fused-ring (bicyclic) bond motifs is 1. The summed E-state index contributed by atoms with van der Waals surface area (Å²) < 4.78 is 5.29. The summed E-state index contributed by atoms with van der Waals surface area (Å²) in [6, 6.07) is 0. The van der Waals surface area contributed by atoms with Crippen molar-refractivity contribution in [2.24, 2.45) is 0 Å². The summed E-state index contributed by atoms with van der Waals surface area (Å²) >= 11 is 0. The maximum atomic E-state index is 11.5. The van der Waals surface area contributed by atoms with E-state index in [2.05, 4.69) is 5.32 Å². The fourth-order valence-corrected chi connectivity index (χ4v) is 1.95. The molecular weight excluding hydrogens is 172 g/mol. The first kappa shape index (κ1) is 8.93. The quantitative estimate of drug-likeness (QED) is 0.506. The van der Waals surface area contributed by atoms with Crippen LogP contribution in [0.15, 0.2) is 0 Å². The van der Waals surface area contributed by atoms with E-state index in [0.717, 1.165) is 0 Å². The van der Waals surface area contributed by atoms with Gasteiger partial charge in [0, 0.05) is 13.1 Å². The molecule has 2 heterocycles. The Balaban J connectivity index is 2.21. The smallest absolute Gasteiger partial charge is 0.237 e. The van der Waals surface area contributed by atoms with Crippen LogP contribution < -0.4 is 5.32 Å². The number of aliphatic hydroxyl groups excluding tert-OH is 1. The third kappa shape index (κ3) is 1.33. The van der Waals surface area contributed by atoms with Crippen molar-refractivity contribution in [3.05, 3.63) is 0 Å². The molecule has 2 N–H and O–H groups in total. The van der Waals surface area contributed by atoms with Crippen LogP contribution in [0, 0.1) is 0 Å². The highest BCUT2D eigenvalue weighted by molar-refractivity contribution is 5.80. The monoisotopic (exact) mass is 186 g/mol. The van der Waals surface area contributed by atoms with Gasteiger partial charge in [0.1, 0.15) is 5.54 Å². The lowest BCUT2D eigenvalue weighted by Crippen LogP contribution is -2.70. The zero-order valence-electron chi connectivity index (χ0n) is 7.45. The molecule has 74 valence electrons. The fraction of sp³-hybridized carbons (Fsp3) is 0.875. The van der Waals surface area contributed by atoms with E-state index in [1.807, 2.05) is 0 Å². The molecule has 13 heavy (non-hydrogen) atoms. The second-order valence-corrected chi connectivity index (χ2v) is 3.58. The molecule has 0 spiro atoms. The van der Waals surface area contributed by atoms with E-state index >= 15 is 0 Å². The highest BCUT2D eigenvalue weighted by Crippen LogP contribution is 2.21. The molecule has 2 aliphatic rings. The maximum Gasteiger partial charge on any atom is 0.237 e. The average molecular weight is 186 g/mol. The first-order chi connectivity index (χ1) is 6.28. The van der Waals surface area contributed by atoms with Crippen molar-refractivity contribution >= 4 is 5.91 Å². The van der Waals surface area contributed by atoms with Gasteiger partial charge < -0.3 is 20.1 Å². The summed E-state index contributed by atoms with van der Waals surface area (Å²) in [5, 5.41) is 12.3. The van der Waals surface area contributed by atoms with Crippen LogP contribution in [0.1, 0.15) is 0 Å². The van der Waals surface area contributed by atoms with Crippen molar-refractivity contribution in [2.75, 3.05) is 39.5 Å². The number of amides is 1. The van der Waals surface area contributed by atoms with Gasteiger partial charge in [-0.25, -0.2) is 0 Å². The molecule has 5 nitrogen and oxygen atoms in total. The third-order valence-electron chi connectivity index (χ3n) is 2.73. The number of rotatable bonds is 1. The molecule has 0 aromatic rings. The van der Waals surface area contributed by atoms with E-state index < -0.39 is 5.54 Å². The molecule has 2 fully saturated rings. The Kier molecular flexibility index (Phi) is 2.23. The molecule has 1 unspecified atom stereocenters. The highest BCUT2D eigenvalue weighted by Gasteiger charge is 2.44. The van der Waals surface area contributed by atoms with E-state index in [9.17, 15) is 9.90 Å². The molecule has 0 bridgehead atoms. The molecule has 0 aromatic heterocycles. The lowest BCUT2D eigenvalue weighted by atomic mass is 9.95. The standard InChI is InChI=1S/C8H14N2O3/c11-5-8-4-9-3-7(12)10(8)1-2-13-6-8/h9,11H,1-6H2. The van der Waals surface area contributed by atoms with Crippen molar-refractivity contribution in [3.8, 4) is 0 Å². The van der Waals surface area contributed by atoms with Crippen molar-refractivity contribution in [3.63, 3.8) is 0 Å². The minimum atomic E-state index is -0.506. The van der Waals surface area contributed by atoms with Crippen LogP contribution in [0.4, 0.5) is 0 Å². The van der Waals surface area contributed by atoms with Gasteiger partial charge in [0.05, 0.1) is 26.4 Å². The summed E-state index contributed by atoms with van der Waals surface area (Å²) in [5.74, 6) is 0.0589. The number of piperazine rings is 1. The Bertz CT molecular complexity index is 217. The van der Waals surface area contributed by atoms with Gasteiger partial charge in [0.25, 0.3) is 0 Å². The number of nitrogens with one attached hydrogen (secondary N) is 1. The van der Waals surface area contributed by atoms with Gasteiger partial charge in [-0.2, -0.15) is 0 Å². The van der Waals surface area contributed by atoms with Crippen LogP contribution in [0.2, 0.25) is 0 Å². The van der Waals surface area contributed by atoms with Crippen LogP contribution in [0.5, 0.6) is 0 Å². The molecule has 2 rings (SSSR count). The lowest BCUT2D eigenvalue weighted by Gasteiger charge is -2.48. The summed E-state index contributed by atoms with van der Waals surface area (Å²) in [5.41, 5.74) is -0.506. The van der Waals surface area contributed by atoms with Gasteiger partial charge in [0.2, 0.25) is 5.91 Å². The van der Waals surface area contributed by atoms with Gasteiger partial charge in [0.15, 0.2) is 0 Å². The summed E-state index contributed by atoms with van der Waals surface area (Å²) in [6.45, 7) is 2.57. The van der Waals surface area contributed by atoms with Gasteiger partial charge in [-0.05, 0) is 0 Å². The van der Waals surface area contributed by atoms with Crippen molar-refractivity contribution in [1.82, 2.24) is 10.2 Å². The minimum absolute atomic E-state index is 0.0360. The van der Waals surface area contributed by atoms with Crippen LogP contribution in [0.3, 0.4) is 0 Å². The molecule has 5 heteroatoms. The number of morpholine rings is 1. The molecule has 0 saturated carbocycles. The SMILES string of the molecule is O=C1CNCC2(CO)COCCN12. The third-order valence-corrected chi connectivity index (χ3v) is 2.73. The first-order valence-electron chi connectivity index (χ1n) is 4.48. The van der Waals surface area contributed by atoms with E-state index in [4.69, 9.17) is 4.74 Å². The Morgan fingerprint density at radius 2 is 2.54 bits per heavy atom. The number of ether oxygens (including phenoxy) is 1. The second-order valence-electron chi connectivity index (χ2n) is 3.58. The van der Waals surface area contributed by atoms with E-state index in [0.29, 0.717) is 32.8 Å². The van der Waals surface area contributed by atoms with Gasteiger partial charge in [-0.3, -0.25) is 4.79 Å². The predicted molar refractivity (Wildman–Crippen MR) is 45.2 cm³/mol. The molecule has 2 aliphatic heterocycles.